The molecule has 0 radical (unpaired) electrons. The van der Waals surface area contributed by atoms with Crippen molar-refractivity contribution in [2.45, 2.75) is 12.6 Å². The Morgan fingerprint density at radius 2 is 2.09 bits per heavy atom. The third kappa shape index (κ3) is 2.65. The Morgan fingerprint density at radius 3 is 2.64 bits per heavy atom. The number of hydrogen-bond donors (Lipinski definition) is 2. The lowest BCUT2D eigenvalue weighted by molar-refractivity contribution is 0.621. The van der Waals surface area contributed by atoms with Gasteiger partial charge in [0.2, 0.25) is 0 Å². The topological polar surface area (TPSA) is 52.0 Å². The zero-order valence-electron chi connectivity index (χ0n) is 6.13. The molecule has 0 aromatic heterocycles. The first-order chi connectivity index (χ1) is 5.18. The normalized spacial score (nSPS) is 10.5. The molecule has 0 unspecified atom stereocenters. The summed E-state index contributed by atoms with van der Waals surface area (Å²) >= 11 is 0. The fourth-order valence-electron chi connectivity index (χ4n) is 0.936. The van der Waals surface area contributed by atoms with E-state index in [0.29, 0.717) is 6.42 Å². The Bertz CT molecular complexity index is 235. The quantitative estimate of drug-likeness (QED) is 0.613. The Morgan fingerprint density at radius 1 is 1.36 bits per heavy atom. The molecule has 1 aromatic rings. The zero-order valence-corrected chi connectivity index (χ0v) is 6.13. The first kappa shape index (κ1) is 8.17. The van der Waals surface area contributed by atoms with Crippen LogP contribution in [-0.4, -0.2) is 6.17 Å². The number of nitrogens with two attached hydrogens (primary N) is 2. The van der Waals surface area contributed by atoms with E-state index < -0.39 is 6.17 Å². The van der Waals surface area contributed by atoms with Crippen LogP contribution in [0.3, 0.4) is 0 Å². The van der Waals surface area contributed by atoms with Crippen molar-refractivity contribution in [3.8, 4) is 0 Å². The monoisotopic (exact) mass is 154 g/mol. The van der Waals surface area contributed by atoms with E-state index in [4.69, 9.17) is 11.5 Å². The zero-order chi connectivity index (χ0) is 8.27. The maximum Gasteiger partial charge on any atom is 0.123 e. The molecule has 0 spiro atoms. The van der Waals surface area contributed by atoms with Gasteiger partial charge in [-0.1, -0.05) is 12.1 Å². The summed E-state index contributed by atoms with van der Waals surface area (Å²) in [6.45, 7) is 0. The molecule has 4 N–H and O–H groups in total. The van der Waals surface area contributed by atoms with E-state index in [2.05, 4.69) is 0 Å². The van der Waals surface area contributed by atoms with Crippen molar-refractivity contribution in [2.75, 3.05) is 0 Å². The molecule has 0 aliphatic carbocycles. The Balaban J connectivity index is 2.71. The highest BCUT2D eigenvalue weighted by atomic mass is 19.1. The molecule has 2 nitrogen and oxygen atoms in total. The fourth-order valence-corrected chi connectivity index (χ4v) is 0.936. The van der Waals surface area contributed by atoms with Gasteiger partial charge in [0.1, 0.15) is 5.82 Å². The number of hydrogen-bond acceptors (Lipinski definition) is 2. The lowest BCUT2D eigenvalue weighted by Gasteiger charge is -2.04. The summed E-state index contributed by atoms with van der Waals surface area (Å²) in [5.74, 6) is -0.247. The summed E-state index contributed by atoms with van der Waals surface area (Å²) in [4.78, 5) is 0. The van der Waals surface area contributed by atoms with E-state index in [9.17, 15) is 4.39 Å². The molecule has 0 heterocycles. The van der Waals surface area contributed by atoms with Crippen LogP contribution in [0, 0.1) is 5.82 Å². The molecular formula is C8H11FN2. The van der Waals surface area contributed by atoms with Crippen LogP contribution in [0.4, 0.5) is 4.39 Å². The second-order valence-corrected chi connectivity index (χ2v) is 2.50. The van der Waals surface area contributed by atoms with E-state index in [0.717, 1.165) is 5.56 Å². The summed E-state index contributed by atoms with van der Waals surface area (Å²) in [5.41, 5.74) is 11.5. The molecule has 0 bridgehead atoms. The third-order valence-corrected chi connectivity index (χ3v) is 1.36. The van der Waals surface area contributed by atoms with Gasteiger partial charge in [-0.25, -0.2) is 4.39 Å². The highest BCUT2D eigenvalue weighted by Gasteiger charge is 1.97. The van der Waals surface area contributed by atoms with Crippen molar-refractivity contribution >= 4 is 0 Å². The van der Waals surface area contributed by atoms with Crippen molar-refractivity contribution in [2.24, 2.45) is 11.5 Å². The van der Waals surface area contributed by atoms with E-state index in [1.807, 2.05) is 0 Å². The van der Waals surface area contributed by atoms with Crippen LogP contribution in [0.25, 0.3) is 0 Å². The predicted octanol–water partition coefficient (Wildman–Crippen LogP) is 0.612. The summed E-state index contributed by atoms with van der Waals surface area (Å²) in [6, 6.07) is 6.28. The van der Waals surface area contributed by atoms with Gasteiger partial charge in [-0.15, -0.1) is 0 Å². The van der Waals surface area contributed by atoms with E-state index in [-0.39, 0.29) is 5.82 Å². The van der Waals surface area contributed by atoms with Crippen LogP contribution in [-0.2, 0) is 6.42 Å². The van der Waals surface area contributed by atoms with Gasteiger partial charge in [-0.05, 0) is 17.7 Å². The highest BCUT2D eigenvalue weighted by Crippen LogP contribution is 2.03. The molecule has 0 atom stereocenters. The molecule has 0 aliphatic rings. The van der Waals surface area contributed by atoms with Crippen LogP contribution in [0.5, 0.6) is 0 Å². The second kappa shape index (κ2) is 3.46. The van der Waals surface area contributed by atoms with Crippen molar-refractivity contribution < 1.29 is 4.39 Å². The van der Waals surface area contributed by atoms with Gasteiger partial charge >= 0.3 is 0 Å². The van der Waals surface area contributed by atoms with Crippen molar-refractivity contribution in [3.63, 3.8) is 0 Å². The Labute approximate surface area is 65.0 Å². The van der Waals surface area contributed by atoms with Crippen LogP contribution in [0.15, 0.2) is 24.3 Å². The van der Waals surface area contributed by atoms with Gasteiger partial charge in [-0.3, -0.25) is 0 Å². The SMILES string of the molecule is NC(N)Cc1cccc(F)c1. The van der Waals surface area contributed by atoms with Crippen LogP contribution >= 0.6 is 0 Å². The Kier molecular flexibility index (Phi) is 2.57. The molecule has 1 rings (SSSR count). The van der Waals surface area contributed by atoms with E-state index >= 15 is 0 Å². The smallest absolute Gasteiger partial charge is 0.123 e. The minimum absolute atomic E-state index is 0.247. The second-order valence-electron chi connectivity index (χ2n) is 2.50. The predicted molar refractivity (Wildman–Crippen MR) is 42.3 cm³/mol. The molecule has 1 aromatic carbocycles. The number of rotatable bonds is 2. The number of benzene rings is 1. The molecule has 0 saturated carbocycles. The third-order valence-electron chi connectivity index (χ3n) is 1.36. The minimum atomic E-state index is -0.406. The average Bonchev–Trinajstić information content (AvgIpc) is 1.85. The lowest BCUT2D eigenvalue weighted by Crippen LogP contribution is -2.32. The van der Waals surface area contributed by atoms with Gasteiger partial charge in [-0.2, -0.15) is 0 Å². The van der Waals surface area contributed by atoms with Gasteiger partial charge in [0.05, 0.1) is 6.17 Å². The fraction of sp³-hybridized carbons (Fsp3) is 0.250. The lowest BCUT2D eigenvalue weighted by atomic mass is 10.1. The van der Waals surface area contributed by atoms with E-state index in [1.54, 1.807) is 12.1 Å². The van der Waals surface area contributed by atoms with Crippen molar-refractivity contribution in [1.82, 2.24) is 0 Å². The summed E-state index contributed by atoms with van der Waals surface area (Å²) in [6.07, 6.45) is 0.106. The molecular weight excluding hydrogens is 143 g/mol. The molecule has 0 amide bonds. The van der Waals surface area contributed by atoms with Crippen LogP contribution < -0.4 is 11.5 Å². The maximum atomic E-state index is 12.5. The van der Waals surface area contributed by atoms with Crippen molar-refractivity contribution in [1.29, 1.82) is 0 Å². The summed E-state index contributed by atoms with van der Waals surface area (Å²) < 4.78 is 12.5. The Hall–Kier alpha value is -0.930. The van der Waals surface area contributed by atoms with Gasteiger partial charge in [0, 0.05) is 6.42 Å². The molecule has 0 fully saturated rings. The minimum Gasteiger partial charge on any atom is -0.316 e. The first-order valence-electron chi connectivity index (χ1n) is 3.44. The van der Waals surface area contributed by atoms with Crippen LogP contribution in [0.2, 0.25) is 0 Å². The van der Waals surface area contributed by atoms with E-state index in [1.165, 1.54) is 12.1 Å². The summed E-state index contributed by atoms with van der Waals surface area (Å²) in [5, 5.41) is 0. The first-order valence-corrected chi connectivity index (χ1v) is 3.44. The summed E-state index contributed by atoms with van der Waals surface area (Å²) in [7, 11) is 0. The van der Waals surface area contributed by atoms with Crippen LogP contribution in [0.1, 0.15) is 5.56 Å². The number of halogens is 1. The molecule has 60 valence electrons. The molecule has 3 heteroatoms. The highest BCUT2D eigenvalue weighted by molar-refractivity contribution is 5.16. The average molecular weight is 154 g/mol. The standard InChI is InChI=1S/C8H11FN2/c9-7-3-1-2-6(4-7)5-8(10)11/h1-4,8H,5,10-11H2. The van der Waals surface area contributed by atoms with Gasteiger partial charge in [0.15, 0.2) is 0 Å². The largest absolute Gasteiger partial charge is 0.316 e. The molecule has 0 aliphatic heterocycles. The molecule has 11 heavy (non-hydrogen) atoms. The maximum absolute atomic E-state index is 12.5. The van der Waals surface area contributed by atoms with Gasteiger partial charge < -0.3 is 11.5 Å². The van der Waals surface area contributed by atoms with Gasteiger partial charge in [0.25, 0.3) is 0 Å². The molecule has 0 saturated heterocycles. The van der Waals surface area contributed by atoms with Crippen molar-refractivity contribution in [3.05, 3.63) is 35.6 Å².